The van der Waals surface area contributed by atoms with Gasteiger partial charge in [0.05, 0.1) is 5.69 Å². The molecule has 0 saturated heterocycles. The summed E-state index contributed by atoms with van der Waals surface area (Å²) < 4.78 is 32.1. The van der Waals surface area contributed by atoms with Crippen LogP contribution in [-0.4, -0.2) is 28.6 Å². The minimum atomic E-state index is -3.94. The fourth-order valence-electron chi connectivity index (χ4n) is 2.69. The quantitative estimate of drug-likeness (QED) is 0.675. The van der Waals surface area contributed by atoms with E-state index in [4.69, 9.17) is 4.18 Å². The molecule has 3 aromatic rings. The lowest BCUT2D eigenvalue weighted by atomic mass is 10.1. The smallest absolute Gasteiger partial charge is 0.339 e. The van der Waals surface area contributed by atoms with Gasteiger partial charge < -0.3 is 4.18 Å². The molecule has 3 rings (SSSR count). The van der Waals surface area contributed by atoms with Gasteiger partial charge in [0.1, 0.15) is 17.0 Å². The molecule has 7 nitrogen and oxygen atoms in total. The van der Waals surface area contributed by atoms with Gasteiger partial charge in [0.2, 0.25) is 0 Å². The zero-order valence-corrected chi connectivity index (χ0v) is 14.3. The molecule has 0 bridgehead atoms. The molecule has 0 spiro atoms. The zero-order valence-electron chi connectivity index (χ0n) is 13.5. The molecule has 1 heterocycles. The fraction of sp³-hybridized carbons (Fsp3) is 0.188. The largest absolute Gasteiger partial charge is 0.379 e. The van der Waals surface area contributed by atoms with E-state index >= 15 is 0 Å². The third-order valence-corrected chi connectivity index (χ3v) is 5.05. The lowest BCUT2D eigenvalue weighted by Crippen LogP contribution is -2.13. The second-order valence-electron chi connectivity index (χ2n) is 5.52. The molecule has 0 radical (unpaired) electrons. The number of hydrogen-bond donors (Lipinski definition) is 0. The van der Waals surface area contributed by atoms with Gasteiger partial charge in [-0.3, -0.25) is 0 Å². The zero-order chi connectivity index (χ0) is 17.3. The Bertz CT molecular complexity index is 959. The summed E-state index contributed by atoms with van der Waals surface area (Å²) in [5.41, 5.74) is 2.92. The Morgan fingerprint density at radius 1 is 1.04 bits per heavy atom. The van der Waals surface area contributed by atoms with E-state index in [-0.39, 0.29) is 10.6 Å². The minimum absolute atomic E-state index is 0.195. The molecule has 0 aliphatic rings. The first kappa shape index (κ1) is 16.1. The molecule has 1 aromatic heterocycles. The van der Waals surface area contributed by atoms with Crippen LogP contribution in [0.3, 0.4) is 0 Å². The Labute approximate surface area is 140 Å². The van der Waals surface area contributed by atoms with Gasteiger partial charge in [-0.15, -0.1) is 5.10 Å². The van der Waals surface area contributed by atoms with E-state index in [2.05, 4.69) is 15.5 Å². The number of nitrogens with zero attached hydrogens (tertiary/aromatic N) is 4. The summed E-state index contributed by atoms with van der Waals surface area (Å²) in [7, 11) is -3.94. The molecule has 0 unspecified atom stereocenters. The van der Waals surface area contributed by atoms with Crippen LogP contribution in [0.1, 0.15) is 16.7 Å². The number of aromatic nitrogens is 4. The van der Waals surface area contributed by atoms with Gasteiger partial charge in [0.15, 0.2) is 0 Å². The molecule has 24 heavy (non-hydrogen) atoms. The van der Waals surface area contributed by atoms with Crippen LogP contribution in [0.15, 0.2) is 47.6 Å². The maximum Gasteiger partial charge on any atom is 0.339 e. The molecule has 0 amide bonds. The van der Waals surface area contributed by atoms with Gasteiger partial charge >= 0.3 is 10.1 Å². The average molecular weight is 344 g/mol. The van der Waals surface area contributed by atoms with E-state index in [1.165, 1.54) is 11.0 Å². The van der Waals surface area contributed by atoms with E-state index < -0.39 is 10.1 Å². The first-order valence-electron chi connectivity index (χ1n) is 7.22. The van der Waals surface area contributed by atoms with Crippen molar-refractivity contribution in [3.05, 3.63) is 59.4 Å². The lowest BCUT2D eigenvalue weighted by molar-refractivity contribution is 0.484. The summed E-state index contributed by atoms with van der Waals surface area (Å²) in [5, 5.41) is 10.9. The van der Waals surface area contributed by atoms with Crippen LogP contribution in [-0.2, 0) is 10.1 Å². The van der Waals surface area contributed by atoms with Crippen LogP contribution in [0.4, 0.5) is 0 Å². The predicted octanol–water partition coefficient (Wildman–Crippen LogP) is 2.36. The number of tetrazole rings is 1. The molecule has 2 aromatic carbocycles. The summed E-state index contributed by atoms with van der Waals surface area (Å²) in [6, 6.07) is 10.2. The molecule has 0 saturated carbocycles. The number of benzene rings is 2. The van der Waals surface area contributed by atoms with Gasteiger partial charge in [-0.25, -0.2) is 4.68 Å². The van der Waals surface area contributed by atoms with Crippen molar-refractivity contribution in [3.63, 3.8) is 0 Å². The first-order valence-corrected chi connectivity index (χ1v) is 8.63. The summed E-state index contributed by atoms with van der Waals surface area (Å²) in [6.45, 7) is 5.44. The second kappa shape index (κ2) is 6.04. The third kappa shape index (κ3) is 3.13. The molecule has 0 aliphatic carbocycles. The van der Waals surface area contributed by atoms with Crippen molar-refractivity contribution >= 4 is 10.1 Å². The number of hydrogen-bond acceptors (Lipinski definition) is 6. The summed E-state index contributed by atoms with van der Waals surface area (Å²) in [5.74, 6) is 0.197. The highest BCUT2D eigenvalue weighted by atomic mass is 32.2. The Morgan fingerprint density at radius 2 is 1.75 bits per heavy atom. The van der Waals surface area contributed by atoms with Crippen LogP contribution < -0.4 is 4.18 Å². The second-order valence-corrected chi connectivity index (χ2v) is 7.00. The van der Waals surface area contributed by atoms with E-state index in [0.29, 0.717) is 16.8 Å². The van der Waals surface area contributed by atoms with Crippen LogP contribution >= 0.6 is 0 Å². The van der Waals surface area contributed by atoms with Crippen LogP contribution in [0.2, 0.25) is 0 Å². The molecule has 0 aliphatic heterocycles. The van der Waals surface area contributed by atoms with Crippen LogP contribution in [0, 0.1) is 20.8 Å². The number of aryl methyl sites for hydroxylation is 3. The minimum Gasteiger partial charge on any atom is -0.379 e. The predicted molar refractivity (Wildman–Crippen MR) is 87.6 cm³/mol. The SMILES string of the molecule is Cc1cc(C)c(S(=O)(=O)Oc2cccc(-n3cnnn3)c2)c(C)c1. The molecule has 0 fully saturated rings. The van der Waals surface area contributed by atoms with Crippen molar-refractivity contribution in [1.29, 1.82) is 0 Å². The van der Waals surface area contributed by atoms with Gasteiger partial charge in [-0.2, -0.15) is 8.42 Å². The third-order valence-electron chi connectivity index (χ3n) is 3.49. The van der Waals surface area contributed by atoms with Crippen LogP contribution in [0.25, 0.3) is 5.69 Å². The Kier molecular flexibility index (Phi) is 4.06. The van der Waals surface area contributed by atoms with Crippen molar-refractivity contribution in [3.8, 4) is 11.4 Å². The molecule has 124 valence electrons. The van der Waals surface area contributed by atoms with E-state index in [0.717, 1.165) is 5.56 Å². The Morgan fingerprint density at radius 3 is 2.38 bits per heavy atom. The molecular formula is C16H16N4O3S. The summed E-state index contributed by atoms with van der Waals surface area (Å²) >= 11 is 0. The highest BCUT2D eigenvalue weighted by Crippen LogP contribution is 2.26. The molecule has 0 N–H and O–H groups in total. The standard InChI is InChI=1S/C16H16N4O3S/c1-11-7-12(2)16(13(3)8-11)24(21,22)23-15-6-4-5-14(9-15)20-10-17-18-19-20/h4-10H,1-3H3. The van der Waals surface area contributed by atoms with Gasteiger partial charge in [0.25, 0.3) is 0 Å². The maximum atomic E-state index is 12.7. The average Bonchev–Trinajstić information content (AvgIpc) is 2.99. The summed E-state index contributed by atoms with van der Waals surface area (Å²) in [4.78, 5) is 0.195. The van der Waals surface area contributed by atoms with Gasteiger partial charge in [-0.05, 0) is 54.5 Å². The van der Waals surface area contributed by atoms with Crippen molar-refractivity contribution in [1.82, 2.24) is 20.2 Å². The van der Waals surface area contributed by atoms with E-state index in [1.807, 2.05) is 19.1 Å². The normalized spacial score (nSPS) is 11.5. The highest BCUT2D eigenvalue weighted by molar-refractivity contribution is 7.87. The molecule has 0 atom stereocenters. The monoisotopic (exact) mass is 344 g/mol. The Hall–Kier alpha value is -2.74. The molecule has 8 heteroatoms. The van der Waals surface area contributed by atoms with E-state index in [9.17, 15) is 8.42 Å². The van der Waals surface area contributed by atoms with Crippen molar-refractivity contribution in [2.24, 2.45) is 0 Å². The Balaban J connectivity index is 1.98. The number of rotatable bonds is 4. The van der Waals surface area contributed by atoms with Crippen molar-refractivity contribution < 1.29 is 12.6 Å². The topological polar surface area (TPSA) is 87.0 Å². The molecular weight excluding hydrogens is 328 g/mol. The van der Waals surface area contributed by atoms with Gasteiger partial charge in [0, 0.05) is 6.07 Å². The maximum absolute atomic E-state index is 12.7. The van der Waals surface area contributed by atoms with E-state index in [1.54, 1.807) is 38.1 Å². The fourth-order valence-corrected chi connectivity index (χ4v) is 4.03. The highest BCUT2D eigenvalue weighted by Gasteiger charge is 2.22. The van der Waals surface area contributed by atoms with Crippen molar-refractivity contribution in [2.45, 2.75) is 25.7 Å². The van der Waals surface area contributed by atoms with Crippen LogP contribution in [0.5, 0.6) is 5.75 Å². The van der Waals surface area contributed by atoms with Gasteiger partial charge in [-0.1, -0.05) is 23.8 Å². The first-order chi connectivity index (χ1) is 11.4. The van der Waals surface area contributed by atoms with Crippen molar-refractivity contribution in [2.75, 3.05) is 0 Å². The lowest BCUT2D eigenvalue weighted by Gasteiger charge is -2.13. The summed E-state index contributed by atoms with van der Waals surface area (Å²) in [6.07, 6.45) is 1.42.